The Bertz CT molecular complexity index is 248. The molecule has 2 saturated carbocycles. The van der Waals surface area contributed by atoms with Crippen molar-refractivity contribution < 1.29 is 9.47 Å². The number of hydrogen-bond acceptors (Lipinski definition) is 2. The summed E-state index contributed by atoms with van der Waals surface area (Å²) in [6.07, 6.45) is 12.1. The Balaban J connectivity index is 1.79. The van der Waals surface area contributed by atoms with Crippen molar-refractivity contribution in [3.63, 3.8) is 0 Å². The first-order chi connectivity index (χ1) is 8.83. The normalized spacial score (nSPS) is 35.8. The Kier molecular flexibility index (Phi) is 5.45. The molecule has 2 fully saturated rings. The zero-order valence-electron chi connectivity index (χ0n) is 11.4. The summed E-state index contributed by atoms with van der Waals surface area (Å²) in [6, 6.07) is 0. The standard InChI is InChI=1S/C16H26O2/c1-3-9-17-15-7-5-13-6-8-16(18-10-4-2)12-14(13)11-15/h3-4,13-16H,1-2,5-12H2. The molecule has 0 spiro atoms. The SMILES string of the molecule is C=CCOC1CCC2CCC(OCC=C)CC2C1. The topological polar surface area (TPSA) is 18.5 Å². The maximum absolute atomic E-state index is 5.82. The fourth-order valence-electron chi connectivity index (χ4n) is 3.52. The minimum Gasteiger partial charge on any atom is -0.374 e. The van der Waals surface area contributed by atoms with Crippen LogP contribution < -0.4 is 0 Å². The van der Waals surface area contributed by atoms with E-state index in [9.17, 15) is 0 Å². The second kappa shape index (κ2) is 7.10. The van der Waals surface area contributed by atoms with E-state index in [0.29, 0.717) is 25.4 Å². The van der Waals surface area contributed by atoms with Crippen molar-refractivity contribution in [1.82, 2.24) is 0 Å². The van der Waals surface area contributed by atoms with Crippen LogP contribution in [0.1, 0.15) is 38.5 Å². The van der Waals surface area contributed by atoms with Gasteiger partial charge >= 0.3 is 0 Å². The van der Waals surface area contributed by atoms with Crippen molar-refractivity contribution in [1.29, 1.82) is 0 Å². The first kappa shape index (κ1) is 13.8. The third kappa shape index (κ3) is 3.69. The molecule has 2 aliphatic rings. The maximum Gasteiger partial charge on any atom is 0.0648 e. The lowest BCUT2D eigenvalue weighted by atomic mass is 9.69. The predicted octanol–water partition coefficient (Wildman–Crippen LogP) is 3.73. The van der Waals surface area contributed by atoms with E-state index in [1.54, 1.807) is 0 Å². The highest BCUT2D eigenvalue weighted by Gasteiger charge is 2.36. The summed E-state index contributed by atoms with van der Waals surface area (Å²) in [5.74, 6) is 1.72. The molecule has 2 aliphatic carbocycles. The van der Waals surface area contributed by atoms with Crippen LogP contribution >= 0.6 is 0 Å². The highest BCUT2D eigenvalue weighted by atomic mass is 16.5. The molecule has 2 nitrogen and oxygen atoms in total. The quantitative estimate of drug-likeness (QED) is 0.669. The molecule has 2 atom stereocenters. The Labute approximate surface area is 111 Å². The fourth-order valence-corrected chi connectivity index (χ4v) is 3.52. The molecule has 0 bridgehead atoms. The lowest BCUT2D eigenvalue weighted by Gasteiger charge is -2.41. The molecule has 0 amide bonds. The van der Waals surface area contributed by atoms with E-state index in [1.807, 2.05) is 12.2 Å². The molecule has 2 unspecified atom stereocenters. The van der Waals surface area contributed by atoms with Gasteiger partial charge in [-0.2, -0.15) is 0 Å². The van der Waals surface area contributed by atoms with E-state index in [0.717, 1.165) is 11.8 Å². The first-order valence-electron chi connectivity index (χ1n) is 7.28. The first-order valence-corrected chi connectivity index (χ1v) is 7.28. The second-order valence-electron chi connectivity index (χ2n) is 5.63. The third-order valence-corrected chi connectivity index (χ3v) is 4.42. The summed E-state index contributed by atoms with van der Waals surface area (Å²) in [5.41, 5.74) is 0. The van der Waals surface area contributed by atoms with Crippen molar-refractivity contribution in [3.8, 4) is 0 Å². The molecule has 2 rings (SSSR count). The van der Waals surface area contributed by atoms with Crippen LogP contribution in [-0.2, 0) is 9.47 Å². The molecule has 18 heavy (non-hydrogen) atoms. The van der Waals surface area contributed by atoms with Gasteiger partial charge in [0, 0.05) is 0 Å². The predicted molar refractivity (Wildman–Crippen MR) is 74.6 cm³/mol. The molecule has 0 N–H and O–H groups in total. The average Bonchev–Trinajstić information content (AvgIpc) is 2.42. The molecule has 0 heterocycles. The summed E-state index contributed by atoms with van der Waals surface area (Å²) in [7, 11) is 0. The van der Waals surface area contributed by atoms with Crippen LogP contribution in [0.2, 0.25) is 0 Å². The molecule has 0 aliphatic heterocycles. The fraction of sp³-hybridized carbons (Fsp3) is 0.750. The van der Waals surface area contributed by atoms with Gasteiger partial charge in [-0.05, 0) is 50.4 Å². The molecular weight excluding hydrogens is 224 g/mol. The van der Waals surface area contributed by atoms with Crippen molar-refractivity contribution >= 4 is 0 Å². The second-order valence-corrected chi connectivity index (χ2v) is 5.63. The smallest absolute Gasteiger partial charge is 0.0648 e. The zero-order chi connectivity index (χ0) is 12.8. The lowest BCUT2D eigenvalue weighted by molar-refractivity contribution is -0.0414. The van der Waals surface area contributed by atoms with Crippen LogP contribution in [0.15, 0.2) is 25.3 Å². The van der Waals surface area contributed by atoms with Gasteiger partial charge in [0.25, 0.3) is 0 Å². The van der Waals surface area contributed by atoms with Gasteiger partial charge in [-0.15, -0.1) is 13.2 Å². The summed E-state index contributed by atoms with van der Waals surface area (Å²) < 4.78 is 11.6. The summed E-state index contributed by atoms with van der Waals surface area (Å²) >= 11 is 0. The van der Waals surface area contributed by atoms with E-state index in [1.165, 1.54) is 38.5 Å². The monoisotopic (exact) mass is 250 g/mol. The molecule has 0 saturated heterocycles. The molecular formula is C16H26O2. The minimum atomic E-state index is 0.447. The number of fused-ring (bicyclic) bond motifs is 1. The van der Waals surface area contributed by atoms with E-state index >= 15 is 0 Å². The van der Waals surface area contributed by atoms with Gasteiger partial charge in [0.05, 0.1) is 25.4 Å². The number of hydrogen-bond donors (Lipinski definition) is 0. The Morgan fingerprint density at radius 3 is 1.72 bits per heavy atom. The van der Waals surface area contributed by atoms with Crippen LogP contribution in [0, 0.1) is 11.8 Å². The Morgan fingerprint density at radius 1 is 0.778 bits per heavy atom. The highest BCUT2D eigenvalue weighted by Crippen LogP contribution is 2.42. The van der Waals surface area contributed by atoms with Gasteiger partial charge in [-0.1, -0.05) is 12.2 Å². The van der Waals surface area contributed by atoms with Crippen LogP contribution in [0.4, 0.5) is 0 Å². The molecule has 0 aromatic carbocycles. The highest BCUT2D eigenvalue weighted by molar-refractivity contribution is 4.87. The summed E-state index contributed by atoms with van der Waals surface area (Å²) in [4.78, 5) is 0. The Hall–Kier alpha value is -0.600. The van der Waals surface area contributed by atoms with Crippen LogP contribution in [0.5, 0.6) is 0 Å². The number of ether oxygens (including phenoxy) is 2. The van der Waals surface area contributed by atoms with Crippen LogP contribution in [0.25, 0.3) is 0 Å². The van der Waals surface area contributed by atoms with Crippen LogP contribution in [0.3, 0.4) is 0 Å². The minimum absolute atomic E-state index is 0.447. The van der Waals surface area contributed by atoms with Crippen molar-refractivity contribution in [2.24, 2.45) is 11.8 Å². The maximum atomic E-state index is 5.82. The number of rotatable bonds is 6. The van der Waals surface area contributed by atoms with E-state index < -0.39 is 0 Å². The van der Waals surface area contributed by atoms with Crippen molar-refractivity contribution in [2.45, 2.75) is 50.7 Å². The van der Waals surface area contributed by atoms with Crippen molar-refractivity contribution in [3.05, 3.63) is 25.3 Å². The molecule has 2 heteroatoms. The zero-order valence-corrected chi connectivity index (χ0v) is 11.4. The van der Waals surface area contributed by atoms with Gasteiger partial charge < -0.3 is 9.47 Å². The van der Waals surface area contributed by atoms with Gasteiger partial charge in [-0.25, -0.2) is 0 Å². The van der Waals surface area contributed by atoms with Gasteiger partial charge in [-0.3, -0.25) is 0 Å². The average molecular weight is 250 g/mol. The molecule has 0 radical (unpaired) electrons. The van der Waals surface area contributed by atoms with Crippen molar-refractivity contribution in [2.75, 3.05) is 13.2 Å². The van der Waals surface area contributed by atoms with Gasteiger partial charge in [0.15, 0.2) is 0 Å². The Morgan fingerprint density at radius 2 is 1.28 bits per heavy atom. The van der Waals surface area contributed by atoms with Gasteiger partial charge in [0.2, 0.25) is 0 Å². The molecule has 102 valence electrons. The van der Waals surface area contributed by atoms with E-state index in [2.05, 4.69) is 13.2 Å². The van der Waals surface area contributed by atoms with Crippen LogP contribution in [-0.4, -0.2) is 25.4 Å². The molecule has 0 aromatic rings. The van der Waals surface area contributed by atoms with Gasteiger partial charge in [0.1, 0.15) is 0 Å². The lowest BCUT2D eigenvalue weighted by Crippen LogP contribution is -2.36. The molecule has 0 aromatic heterocycles. The summed E-state index contributed by atoms with van der Waals surface area (Å²) in [5, 5.41) is 0. The van der Waals surface area contributed by atoms with E-state index in [-0.39, 0.29) is 0 Å². The van der Waals surface area contributed by atoms with E-state index in [4.69, 9.17) is 9.47 Å². The largest absolute Gasteiger partial charge is 0.374 e. The third-order valence-electron chi connectivity index (χ3n) is 4.42. The summed E-state index contributed by atoms with van der Waals surface area (Å²) in [6.45, 7) is 8.82.